The van der Waals surface area contributed by atoms with Crippen molar-refractivity contribution in [2.75, 3.05) is 0 Å². The monoisotopic (exact) mass is 372 g/mol. The second kappa shape index (κ2) is 21.0. The molecular formula is C18H36O2Sr. The van der Waals surface area contributed by atoms with Gasteiger partial charge in [-0.15, -0.1) is 0 Å². The van der Waals surface area contributed by atoms with Gasteiger partial charge in [0.05, 0.1) is 0 Å². The van der Waals surface area contributed by atoms with Crippen molar-refractivity contribution >= 4 is 51.5 Å². The number of aliphatic carboxylic acids is 1. The van der Waals surface area contributed by atoms with Crippen molar-refractivity contribution in [1.82, 2.24) is 0 Å². The molecule has 0 saturated heterocycles. The Labute approximate surface area is 169 Å². The summed E-state index contributed by atoms with van der Waals surface area (Å²) in [6, 6.07) is 0. The van der Waals surface area contributed by atoms with Gasteiger partial charge in [-0.3, -0.25) is 4.79 Å². The minimum Gasteiger partial charge on any atom is -0.481 e. The fourth-order valence-corrected chi connectivity index (χ4v) is 2.65. The van der Waals surface area contributed by atoms with Crippen LogP contribution in [0.25, 0.3) is 0 Å². The van der Waals surface area contributed by atoms with Crippen molar-refractivity contribution in [2.45, 2.75) is 110 Å². The molecular weight excluding hydrogens is 336 g/mol. The number of carboxylic acids is 1. The third-order valence-electron chi connectivity index (χ3n) is 3.99. The summed E-state index contributed by atoms with van der Waals surface area (Å²) in [6.07, 6.45) is 20.2. The van der Waals surface area contributed by atoms with Gasteiger partial charge in [-0.25, -0.2) is 0 Å². The standard InChI is InChI=1S/C18H36O2.Sr/c1-2-3-4-5-6-7-8-9-10-11-12-13-14-15-16-17-18(19)20;/h2-17H2,1H3,(H,19,20);. The SMILES string of the molecule is CCCCCCCCCCCCCCCCCC(=O)O.[Sr]. The number of carboxylic acid groups (broad SMARTS) is 1. The molecule has 0 aliphatic carbocycles. The molecule has 0 heterocycles. The molecule has 0 bridgehead atoms. The van der Waals surface area contributed by atoms with Gasteiger partial charge < -0.3 is 5.11 Å². The summed E-state index contributed by atoms with van der Waals surface area (Å²) >= 11 is 0. The van der Waals surface area contributed by atoms with Crippen LogP contribution in [-0.4, -0.2) is 56.6 Å². The largest absolute Gasteiger partial charge is 0.481 e. The molecule has 0 aromatic rings. The molecule has 0 atom stereocenters. The van der Waals surface area contributed by atoms with Crippen molar-refractivity contribution in [1.29, 1.82) is 0 Å². The van der Waals surface area contributed by atoms with Crippen LogP contribution in [0.3, 0.4) is 0 Å². The zero-order valence-electron chi connectivity index (χ0n) is 14.4. The minimum absolute atomic E-state index is 0. The molecule has 0 spiro atoms. The predicted octanol–water partition coefficient (Wildman–Crippen LogP) is 5.95. The van der Waals surface area contributed by atoms with Gasteiger partial charge in [-0.1, -0.05) is 96.8 Å². The van der Waals surface area contributed by atoms with E-state index < -0.39 is 5.97 Å². The fourth-order valence-electron chi connectivity index (χ4n) is 2.65. The summed E-state index contributed by atoms with van der Waals surface area (Å²) in [5, 5.41) is 8.52. The van der Waals surface area contributed by atoms with Crippen molar-refractivity contribution in [3.8, 4) is 0 Å². The van der Waals surface area contributed by atoms with E-state index in [2.05, 4.69) is 6.92 Å². The first-order chi connectivity index (χ1) is 9.77. The Balaban J connectivity index is 0. The van der Waals surface area contributed by atoms with Crippen LogP contribution in [0.15, 0.2) is 0 Å². The van der Waals surface area contributed by atoms with Crippen LogP contribution in [0.2, 0.25) is 0 Å². The molecule has 0 saturated carbocycles. The quantitative estimate of drug-likeness (QED) is 0.269. The zero-order chi connectivity index (χ0) is 14.9. The Morgan fingerprint density at radius 1 is 0.619 bits per heavy atom. The number of unbranched alkanes of at least 4 members (excludes halogenated alkanes) is 14. The molecule has 2 nitrogen and oxygen atoms in total. The molecule has 0 aromatic heterocycles. The summed E-state index contributed by atoms with van der Waals surface area (Å²) in [4.78, 5) is 10.3. The summed E-state index contributed by atoms with van der Waals surface area (Å²) in [6.45, 7) is 2.27. The molecule has 2 radical (unpaired) electrons. The van der Waals surface area contributed by atoms with E-state index in [1.807, 2.05) is 0 Å². The van der Waals surface area contributed by atoms with E-state index in [-0.39, 0.29) is 45.5 Å². The van der Waals surface area contributed by atoms with Crippen molar-refractivity contribution < 1.29 is 9.90 Å². The average Bonchev–Trinajstić information content (AvgIpc) is 2.43. The molecule has 122 valence electrons. The maximum atomic E-state index is 10.3. The Hall–Kier alpha value is 0.951. The Morgan fingerprint density at radius 2 is 0.905 bits per heavy atom. The molecule has 0 unspecified atom stereocenters. The van der Waals surface area contributed by atoms with Gasteiger partial charge in [0.15, 0.2) is 0 Å². The second-order valence-corrected chi connectivity index (χ2v) is 6.09. The second-order valence-electron chi connectivity index (χ2n) is 6.09. The zero-order valence-corrected chi connectivity index (χ0v) is 17.9. The van der Waals surface area contributed by atoms with Crippen LogP contribution in [0.4, 0.5) is 0 Å². The van der Waals surface area contributed by atoms with E-state index in [4.69, 9.17) is 5.11 Å². The van der Waals surface area contributed by atoms with Crippen LogP contribution in [0, 0.1) is 0 Å². The average molecular weight is 372 g/mol. The number of hydrogen-bond acceptors (Lipinski definition) is 1. The van der Waals surface area contributed by atoms with E-state index in [9.17, 15) is 4.79 Å². The van der Waals surface area contributed by atoms with Crippen LogP contribution in [0.5, 0.6) is 0 Å². The van der Waals surface area contributed by atoms with Crippen LogP contribution in [-0.2, 0) is 4.79 Å². The minimum atomic E-state index is -0.653. The Bertz CT molecular complexity index is 207. The molecule has 21 heavy (non-hydrogen) atoms. The number of rotatable bonds is 16. The summed E-state index contributed by atoms with van der Waals surface area (Å²) in [5.41, 5.74) is 0. The van der Waals surface area contributed by atoms with Gasteiger partial charge in [0.25, 0.3) is 0 Å². The van der Waals surface area contributed by atoms with Gasteiger partial charge in [0, 0.05) is 51.9 Å². The number of hydrogen-bond donors (Lipinski definition) is 1. The van der Waals surface area contributed by atoms with Crippen molar-refractivity contribution in [3.05, 3.63) is 0 Å². The van der Waals surface area contributed by atoms with Crippen molar-refractivity contribution in [2.24, 2.45) is 0 Å². The van der Waals surface area contributed by atoms with E-state index in [1.165, 1.54) is 83.5 Å². The van der Waals surface area contributed by atoms with Gasteiger partial charge in [-0.05, 0) is 6.42 Å². The molecule has 0 aromatic carbocycles. The predicted molar refractivity (Wildman–Crippen MR) is 92.9 cm³/mol. The normalized spacial score (nSPS) is 10.3. The van der Waals surface area contributed by atoms with E-state index in [0.29, 0.717) is 6.42 Å². The maximum absolute atomic E-state index is 10.3. The van der Waals surface area contributed by atoms with Crippen LogP contribution >= 0.6 is 0 Å². The maximum Gasteiger partial charge on any atom is 0.303 e. The van der Waals surface area contributed by atoms with E-state index in [0.717, 1.165) is 12.8 Å². The molecule has 1 N–H and O–H groups in total. The molecule has 0 amide bonds. The van der Waals surface area contributed by atoms with Gasteiger partial charge >= 0.3 is 5.97 Å². The molecule has 0 aliphatic heterocycles. The summed E-state index contributed by atoms with van der Waals surface area (Å²) < 4.78 is 0. The molecule has 0 rings (SSSR count). The third kappa shape index (κ3) is 23.3. The van der Waals surface area contributed by atoms with Crippen LogP contribution in [0.1, 0.15) is 110 Å². The smallest absolute Gasteiger partial charge is 0.303 e. The fraction of sp³-hybridized carbons (Fsp3) is 0.944. The van der Waals surface area contributed by atoms with Crippen LogP contribution < -0.4 is 0 Å². The Morgan fingerprint density at radius 3 is 1.19 bits per heavy atom. The van der Waals surface area contributed by atoms with E-state index >= 15 is 0 Å². The molecule has 0 fully saturated rings. The van der Waals surface area contributed by atoms with Gasteiger partial charge in [0.2, 0.25) is 0 Å². The first kappa shape index (κ1) is 24.2. The Kier molecular flexibility index (Phi) is 24.1. The van der Waals surface area contributed by atoms with Crippen molar-refractivity contribution in [3.63, 3.8) is 0 Å². The third-order valence-corrected chi connectivity index (χ3v) is 3.99. The summed E-state index contributed by atoms with van der Waals surface area (Å²) in [7, 11) is 0. The molecule has 0 aliphatic rings. The number of carbonyl (C=O) groups is 1. The van der Waals surface area contributed by atoms with Gasteiger partial charge in [-0.2, -0.15) is 0 Å². The topological polar surface area (TPSA) is 37.3 Å². The summed E-state index contributed by atoms with van der Waals surface area (Å²) in [5.74, 6) is -0.653. The van der Waals surface area contributed by atoms with E-state index in [1.54, 1.807) is 0 Å². The van der Waals surface area contributed by atoms with Gasteiger partial charge in [0.1, 0.15) is 0 Å². The first-order valence-corrected chi connectivity index (χ1v) is 8.99. The molecule has 3 heteroatoms. The first-order valence-electron chi connectivity index (χ1n) is 8.99.